The van der Waals surface area contributed by atoms with Crippen LogP contribution in [0.15, 0.2) is 35.7 Å². The van der Waals surface area contributed by atoms with E-state index in [2.05, 4.69) is 17.1 Å². The van der Waals surface area contributed by atoms with Gasteiger partial charge in [0.25, 0.3) is 0 Å². The fourth-order valence-corrected chi connectivity index (χ4v) is 1.14. The Kier molecular flexibility index (Phi) is 1.96. The summed E-state index contributed by atoms with van der Waals surface area (Å²) < 4.78 is 13.2. The van der Waals surface area contributed by atoms with E-state index in [4.69, 9.17) is 4.84 Å². The van der Waals surface area contributed by atoms with Gasteiger partial charge in [0, 0.05) is 5.56 Å². The maximum atomic E-state index is 13.2. The van der Waals surface area contributed by atoms with E-state index in [0.29, 0.717) is 17.0 Å². The Balaban J connectivity index is 2.38. The number of hydroxylamine groups is 1. The molecular formula is C10H9FN2O. The van der Waals surface area contributed by atoms with Crippen LogP contribution in [-0.4, -0.2) is 5.84 Å². The van der Waals surface area contributed by atoms with Gasteiger partial charge in [-0.15, -0.1) is 0 Å². The third kappa shape index (κ3) is 1.46. The van der Waals surface area contributed by atoms with Crippen LogP contribution in [0, 0.1) is 12.7 Å². The maximum absolute atomic E-state index is 13.2. The summed E-state index contributed by atoms with van der Waals surface area (Å²) in [5, 5.41) is 0. The van der Waals surface area contributed by atoms with Crippen LogP contribution in [0.2, 0.25) is 0 Å². The lowest BCUT2D eigenvalue weighted by Crippen LogP contribution is -2.17. The summed E-state index contributed by atoms with van der Waals surface area (Å²) in [4.78, 5) is 8.77. The third-order valence-electron chi connectivity index (χ3n) is 1.95. The molecule has 4 heteroatoms. The summed E-state index contributed by atoms with van der Waals surface area (Å²) in [6, 6.07) is 4.87. The van der Waals surface area contributed by atoms with Crippen LogP contribution in [0.25, 0.3) is 0 Å². The van der Waals surface area contributed by atoms with Crippen LogP contribution in [-0.2, 0) is 4.84 Å². The lowest BCUT2D eigenvalue weighted by Gasteiger charge is -2.02. The number of halogens is 1. The van der Waals surface area contributed by atoms with Gasteiger partial charge < -0.3 is 4.84 Å². The molecule has 1 aliphatic rings. The second-order valence-electron chi connectivity index (χ2n) is 3.02. The summed E-state index contributed by atoms with van der Waals surface area (Å²) in [7, 11) is 0. The molecule has 0 aromatic heterocycles. The summed E-state index contributed by atoms with van der Waals surface area (Å²) in [5.74, 6) is 0.499. The lowest BCUT2D eigenvalue weighted by atomic mass is 10.1. The second-order valence-corrected chi connectivity index (χ2v) is 3.02. The molecule has 1 aliphatic heterocycles. The Labute approximate surface area is 80.9 Å². The zero-order valence-electron chi connectivity index (χ0n) is 7.67. The topological polar surface area (TPSA) is 33.6 Å². The number of hydrogen-bond acceptors (Lipinski definition) is 3. The Bertz CT molecular complexity index is 426. The van der Waals surface area contributed by atoms with Crippen molar-refractivity contribution < 1.29 is 9.23 Å². The Morgan fingerprint density at radius 3 is 2.86 bits per heavy atom. The van der Waals surface area contributed by atoms with E-state index in [9.17, 15) is 4.39 Å². The van der Waals surface area contributed by atoms with E-state index in [1.165, 1.54) is 6.07 Å². The molecule has 0 unspecified atom stereocenters. The number of aryl methyl sites for hydroxylation is 1. The average Bonchev–Trinajstić information content (AvgIpc) is 2.57. The standard InChI is InChI=1S/C10H9FN2O/c1-6-3-4-8(5-9(6)11)10-12-7(2)14-13-10/h3-5H,2H2,1H3,(H,12,13). The molecule has 0 amide bonds. The van der Waals surface area contributed by atoms with Gasteiger partial charge in [-0.2, -0.15) is 4.99 Å². The van der Waals surface area contributed by atoms with E-state index >= 15 is 0 Å². The highest BCUT2D eigenvalue weighted by Gasteiger charge is 2.12. The third-order valence-corrected chi connectivity index (χ3v) is 1.95. The van der Waals surface area contributed by atoms with Crippen molar-refractivity contribution in [3.63, 3.8) is 0 Å². The van der Waals surface area contributed by atoms with Gasteiger partial charge in [-0.25, -0.2) is 9.87 Å². The number of rotatable bonds is 1. The van der Waals surface area contributed by atoms with Crippen molar-refractivity contribution in [2.75, 3.05) is 0 Å². The molecule has 1 N–H and O–H groups in total. The number of aliphatic imine (C=N–C) groups is 1. The molecule has 1 aromatic carbocycles. The molecular weight excluding hydrogens is 183 g/mol. The lowest BCUT2D eigenvalue weighted by molar-refractivity contribution is 0.179. The number of benzene rings is 1. The van der Waals surface area contributed by atoms with Gasteiger partial charge in [-0.05, 0) is 25.1 Å². The summed E-state index contributed by atoms with van der Waals surface area (Å²) in [5.41, 5.74) is 3.80. The normalized spacial score (nSPS) is 14.7. The van der Waals surface area contributed by atoms with Crippen molar-refractivity contribution in [1.82, 2.24) is 5.48 Å². The summed E-state index contributed by atoms with van der Waals surface area (Å²) in [6.07, 6.45) is 0. The van der Waals surface area contributed by atoms with Crippen molar-refractivity contribution in [2.45, 2.75) is 6.92 Å². The Morgan fingerprint density at radius 2 is 2.29 bits per heavy atom. The number of amidine groups is 1. The van der Waals surface area contributed by atoms with Crippen molar-refractivity contribution in [3.05, 3.63) is 47.6 Å². The quantitative estimate of drug-likeness (QED) is 0.737. The number of nitrogens with one attached hydrogen (secondary N) is 1. The molecule has 0 radical (unpaired) electrons. The van der Waals surface area contributed by atoms with Crippen molar-refractivity contribution in [2.24, 2.45) is 4.99 Å². The molecule has 3 nitrogen and oxygen atoms in total. The van der Waals surface area contributed by atoms with E-state index in [1.807, 2.05) is 0 Å². The highest BCUT2D eigenvalue weighted by molar-refractivity contribution is 5.99. The number of hydrogen-bond donors (Lipinski definition) is 1. The zero-order valence-corrected chi connectivity index (χ0v) is 7.67. The monoisotopic (exact) mass is 192 g/mol. The zero-order chi connectivity index (χ0) is 10.1. The summed E-state index contributed by atoms with van der Waals surface area (Å²) >= 11 is 0. The van der Waals surface area contributed by atoms with Gasteiger partial charge in [0.2, 0.25) is 5.88 Å². The minimum Gasteiger partial charge on any atom is -0.361 e. The van der Waals surface area contributed by atoms with Crippen molar-refractivity contribution >= 4 is 5.84 Å². The first kappa shape index (κ1) is 8.74. The molecule has 14 heavy (non-hydrogen) atoms. The molecule has 0 fully saturated rings. The fourth-order valence-electron chi connectivity index (χ4n) is 1.14. The highest BCUT2D eigenvalue weighted by Crippen LogP contribution is 2.13. The second kappa shape index (κ2) is 3.14. The predicted octanol–water partition coefficient (Wildman–Crippen LogP) is 1.89. The molecule has 0 saturated carbocycles. The smallest absolute Gasteiger partial charge is 0.240 e. The molecule has 0 atom stereocenters. The van der Waals surface area contributed by atoms with Gasteiger partial charge in [-0.1, -0.05) is 12.1 Å². The Morgan fingerprint density at radius 1 is 1.50 bits per heavy atom. The fraction of sp³-hybridized carbons (Fsp3) is 0.100. The molecule has 0 spiro atoms. The van der Waals surface area contributed by atoms with Crippen molar-refractivity contribution in [3.8, 4) is 0 Å². The van der Waals surface area contributed by atoms with E-state index in [0.717, 1.165) is 0 Å². The summed E-state index contributed by atoms with van der Waals surface area (Å²) in [6.45, 7) is 5.21. The minimum absolute atomic E-state index is 0.260. The molecule has 0 aliphatic carbocycles. The molecule has 72 valence electrons. The molecule has 0 saturated heterocycles. The van der Waals surface area contributed by atoms with Gasteiger partial charge in [0.1, 0.15) is 5.82 Å². The van der Waals surface area contributed by atoms with Crippen molar-refractivity contribution in [1.29, 1.82) is 0 Å². The molecule has 1 aromatic rings. The first-order valence-electron chi connectivity index (χ1n) is 4.14. The van der Waals surface area contributed by atoms with E-state index < -0.39 is 0 Å². The Hall–Kier alpha value is -1.84. The predicted molar refractivity (Wildman–Crippen MR) is 51.0 cm³/mol. The first-order valence-corrected chi connectivity index (χ1v) is 4.14. The first-order chi connectivity index (χ1) is 6.66. The van der Waals surface area contributed by atoms with Crippen LogP contribution >= 0.6 is 0 Å². The van der Waals surface area contributed by atoms with Crippen LogP contribution in [0.3, 0.4) is 0 Å². The van der Waals surface area contributed by atoms with Gasteiger partial charge in [0.15, 0.2) is 5.84 Å². The van der Waals surface area contributed by atoms with Gasteiger partial charge >= 0.3 is 0 Å². The van der Waals surface area contributed by atoms with E-state index in [1.54, 1.807) is 19.1 Å². The van der Waals surface area contributed by atoms with E-state index in [-0.39, 0.29) is 11.7 Å². The highest BCUT2D eigenvalue weighted by atomic mass is 19.1. The largest absolute Gasteiger partial charge is 0.361 e. The minimum atomic E-state index is -0.260. The van der Waals surface area contributed by atoms with Crippen LogP contribution < -0.4 is 5.48 Å². The molecule has 1 heterocycles. The van der Waals surface area contributed by atoms with Gasteiger partial charge in [-0.3, -0.25) is 0 Å². The van der Waals surface area contributed by atoms with Crippen LogP contribution in [0.5, 0.6) is 0 Å². The van der Waals surface area contributed by atoms with Crippen LogP contribution in [0.1, 0.15) is 11.1 Å². The number of nitrogens with zero attached hydrogens (tertiary/aromatic N) is 1. The maximum Gasteiger partial charge on any atom is 0.240 e. The average molecular weight is 192 g/mol. The van der Waals surface area contributed by atoms with Crippen LogP contribution in [0.4, 0.5) is 4.39 Å². The molecule has 0 bridgehead atoms. The van der Waals surface area contributed by atoms with Gasteiger partial charge in [0.05, 0.1) is 0 Å². The SMILES string of the molecule is C=C1N=C(c2ccc(C)c(F)c2)NO1. The molecule has 2 rings (SSSR count).